The molecule has 1 aliphatic rings. The van der Waals surface area contributed by atoms with E-state index in [0.717, 1.165) is 25.7 Å². The molecule has 4 nitrogen and oxygen atoms in total. The molecule has 1 rings (SSSR count). The molecule has 0 aromatic heterocycles. The van der Waals surface area contributed by atoms with Gasteiger partial charge in [-0.1, -0.05) is 0 Å². The smallest absolute Gasteiger partial charge is 0.303 e. The minimum Gasteiger partial charge on any atom is -0.458 e. The molecule has 0 amide bonds. The van der Waals surface area contributed by atoms with Crippen molar-refractivity contribution in [3.63, 3.8) is 0 Å². The van der Waals surface area contributed by atoms with Crippen molar-refractivity contribution in [3.05, 3.63) is 12.2 Å². The predicted molar refractivity (Wildman–Crippen MR) is 58.7 cm³/mol. The molecule has 0 heterocycles. The number of carbonyl (C=O) groups is 2. The lowest BCUT2D eigenvalue weighted by Gasteiger charge is -2.19. The molecule has 2 atom stereocenters. The van der Waals surface area contributed by atoms with Crippen LogP contribution >= 0.6 is 0 Å². The van der Waals surface area contributed by atoms with Crippen molar-refractivity contribution >= 4 is 11.9 Å². The van der Waals surface area contributed by atoms with Crippen molar-refractivity contribution in [2.24, 2.45) is 0 Å². The Bertz CT molecular complexity index is 255. The average Bonchev–Trinajstić information content (AvgIpc) is 2.14. The molecule has 0 aromatic carbocycles. The van der Waals surface area contributed by atoms with Gasteiger partial charge in [-0.25, -0.2) is 0 Å². The van der Waals surface area contributed by atoms with E-state index in [1.165, 1.54) is 13.8 Å². The summed E-state index contributed by atoms with van der Waals surface area (Å²) >= 11 is 0. The van der Waals surface area contributed by atoms with E-state index in [-0.39, 0.29) is 24.1 Å². The molecule has 4 heteroatoms. The molecule has 0 saturated carbocycles. The van der Waals surface area contributed by atoms with Crippen LogP contribution in [0.2, 0.25) is 0 Å². The summed E-state index contributed by atoms with van der Waals surface area (Å²) in [4.78, 5) is 21.7. The highest BCUT2D eigenvalue weighted by Gasteiger charge is 2.15. The lowest BCUT2D eigenvalue weighted by atomic mass is 10.0. The summed E-state index contributed by atoms with van der Waals surface area (Å²) in [5.74, 6) is -0.557. The van der Waals surface area contributed by atoms with Crippen LogP contribution in [0.5, 0.6) is 0 Å². The van der Waals surface area contributed by atoms with E-state index in [1.807, 2.05) is 12.2 Å². The zero-order valence-corrected chi connectivity index (χ0v) is 9.77. The van der Waals surface area contributed by atoms with Gasteiger partial charge < -0.3 is 9.47 Å². The summed E-state index contributed by atoms with van der Waals surface area (Å²) < 4.78 is 10.2. The van der Waals surface area contributed by atoms with E-state index >= 15 is 0 Å². The molecule has 0 N–H and O–H groups in total. The Morgan fingerprint density at radius 3 is 1.62 bits per heavy atom. The second kappa shape index (κ2) is 6.30. The van der Waals surface area contributed by atoms with Gasteiger partial charge in [0.05, 0.1) is 0 Å². The van der Waals surface area contributed by atoms with Crippen LogP contribution in [0.25, 0.3) is 0 Å². The van der Waals surface area contributed by atoms with Crippen molar-refractivity contribution in [2.75, 3.05) is 0 Å². The molecule has 0 spiro atoms. The van der Waals surface area contributed by atoms with Gasteiger partial charge in [0.15, 0.2) is 0 Å². The fourth-order valence-corrected chi connectivity index (χ4v) is 1.75. The maximum absolute atomic E-state index is 10.8. The summed E-state index contributed by atoms with van der Waals surface area (Å²) in [6.07, 6.45) is 6.88. The second-order valence-electron chi connectivity index (χ2n) is 3.97. The summed E-state index contributed by atoms with van der Waals surface area (Å²) in [6.45, 7) is 2.80. The zero-order valence-electron chi connectivity index (χ0n) is 9.77. The Morgan fingerprint density at radius 1 is 0.938 bits per heavy atom. The molecule has 90 valence electrons. The molecule has 0 radical (unpaired) electrons. The van der Waals surface area contributed by atoms with Gasteiger partial charge in [-0.05, 0) is 37.8 Å². The van der Waals surface area contributed by atoms with E-state index in [0.29, 0.717) is 0 Å². The van der Waals surface area contributed by atoms with Crippen LogP contribution in [0.15, 0.2) is 12.2 Å². The van der Waals surface area contributed by atoms with E-state index in [9.17, 15) is 9.59 Å². The third kappa shape index (κ3) is 4.96. The summed E-state index contributed by atoms with van der Waals surface area (Å²) in [5.41, 5.74) is 0. The normalized spacial score (nSPS) is 25.4. The fourth-order valence-electron chi connectivity index (χ4n) is 1.75. The van der Waals surface area contributed by atoms with E-state index < -0.39 is 0 Å². The van der Waals surface area contributed by atoms with Crippen molar-refractivity contribution in [3.8, 4) is 0 Å². The van der Waals surface area contributed by atoms with Gasteiger partial charge in [0.1, 0.15) is 12.2 Å². The zero-order chi connectivity index (χ0) is 12.0. The second-order valence-corrected chi connectivity index (χ2v) is 3.97. The molecule has 0 saturated heterocycles. The molecular formula is C12H18O4. The Kier molecular flexibility index (Phi) is 5.02. The van der Waals surface area contributed by atoms with Crippen LogP contribution in [-0.4, -0.2) is 24.1 Å². The lowest BCUT2D eigenvalue weighted by molar-refractivity contribution is -0.146. The summed E-state index contributed by atoms with van der Waals surface area (Å²) in [7, 11) is 0. The van der Waals surface area contributed by atoms with Gasteiger partial charge in [-0.3, -0.25) is 9.59 Å². The number of rotatable bonds is 2. The molecule has 0 aromatic rings. The van der Waals surface area contributed by atoms with Gasteiger partial charge >= 0.3 is 11.9 Å². The highest BCUT2D eigenvalue weighted by molar-refractivity contribution is 5.66. The number of hydrogen-bond acceptors (Lipinski definition) is 4. The first kappa shape index (κ1) is 12.7. The minimum absolute atomic E-state index is 0.184. The van der Waals surface area contributed by atoms with Crippen molar-refractivity contribution in [1.82, 2.24) is 0 Å². The molecule has 0 unspecified atom stereocenters. The molecule has 1 aliphatic carbocycles. The van der Waals surface area contributed by atoms with E-state index in [1.54, 1.807) is 0 Å². The van der Waals surface area contributed by atoms with Gasteiger partial charge in [0.2, 0.25) is 0 Å². The minimum atomic E-state index is -0.278. The highest BCUT2D eigenvalue weighted by Crippen LogP contribution is 2.16. The van der Waals surface area contributed by atoms with Gasteiger partial charge in [-0.15, -0.1) is 0 Å². The van der Waals surface area contributed by atoms with E-state index in [2.05, 4.69) is 0 Å². The number of ether oxygens (including phenoxy) is 2. The Labute approximate surface area is 95.6 Å². The van der Waals surface area contributed by atoms with Crippen LogP contribution in [0, 0.1) is 0 Å². The maximum atomic E-state index is 10.8. The van der Waals surface area contributed by atoms with Crippen LogP contribution in [-0.2, 0) is 19.1 Å². The number of esters is 2. The molecule has 0 fully saturated rings. The topological polar surface area (TPSA) is 52.6 Å². The first-order valence-corrected chi connectivity index (χ1v) is 5.60. The third-order valence-corrected chi connectivity index (χ3v) is 2.40. The molecular weight excluding hydrogens is 208 g/mol. The van der Waals surface area contributed by atoms with Crippen LogP contribution < -0.4 is 0 Å². The van der Waals surface area contributed by atoms with Gasteiger partial charge in [0.25, 0.3) is 0 Å². The predicted octanol–water partition coefficient (Wildman–Crippen LogP) is 1.98. The fraction of sp³-hybridized carbons (Fsp3) is 0.667. The Hall–Kier alpha value is -1.32. The highest BCUT2D eigenvalue weighted by atomic mass is 16.5. The lowest BCUT2D eigenvalue weighted by Crippen LogP contribution is -2.19. The number of carbonyl (C=O) groups excluding carboxylic acids is 2. The van der Waals surface area contributed by atoms with Crippen LogP contribution in [0.1, 0.15) is 39.5 Å². The quantitative estimate of drug-likeness (QED) is 0.533. The van der Waals surface area contributed by atoms with Crippen LogP contribution in [0.4, 0.5) is 0 Å². The largest absolute Gasteiger partial charge is 0.458 e. The third-order valence-electron chi connectivity index (χ3n) is 2.40. The van der Waals surface area contributed by atoms with Crippen molar-refractivity contribution < 1.29 is 19.1 Å². The summed E-state index contributed by atoms with van der Waals surface area (Å²) in [5, 5.41) is 0. The van der Waals surface area contributed by atoms with Gasteiger partial charge in [-0.2, -0.15) is 0 Å². The van der Waals surface area contributed by atoms with Crippen molar-refractivity contribution in [2.45, 2.75) is 51.7 Å². The summed E-state index contributed by atoms with van der Waals surface area (Å²) in [6, 6.07) is 0. The first-order valence-electron chi connectivity index (χ1n) is 5.60. The van der Waals surface area contributed by atoms with Gasteiger partial charge in [0, 0.05) is 13.8 Å². The monoisotopic (exact) mass is 226 g/mol. The molecule has 0 bridgehead atoms. The van der Waals surface area contributed by atoms with Crippen LogP contribution in [0.3, 0.4) is 0 Å². The Balaban J connectivity index is 2.54. The standard InChI is InChI=1S/C12H18O4/c1-9(13)15-11-5-3-4-6-12(8-7-11)16-10(2)14/h7-8,11-12H,3-6H2,1-2H3/t11-,12-/m1/s1. The maximum Gasteiger partial charge on any atom is 0.303 e. The molecule has 16 heavy (non-hydrogen) atoms. The average molecular weight is 226 g/mol. The van der Waals surface area contributed by atoms with Crippen molar-refractivity contribution in [1.29, 1.82) is 0 Å². The first-order chi connectivity index (χ1) is 7.58. The SMILES string of the molecule is CC(=O)O[C@H]1C=C[C@H](OC(C)=O)CCCC1. The molecule has 0 aliphatic heterocycles. The number of hydrogen-bond donors (Lipinski definition) is 0. The Morgan fingerprint density at radius 2 is 1.31 bits per heavy atom. The van der Waals surface area contributed by atoms with E-state index in [4.69, 9.17) is 9.47 Å².